The molecule has 0 heterocycles. The van der Waals surface area contributed by atoms with E-state index in [0.717, 1.165) is 12.5 Å². The first-order valence-corrected chi connectivity index (χ1v) is 7.61. The molecule has 1 aliphatic carbocycles. The Morgan fingerprint density at radius 2 is 2.22 bits per heavy atom. The van der Waals surface area contributed by atoms with Crippen LogP contribution in [0.3, 0.4) is 0 Å². The van der Waals surface area contributed by atoms with Gasteiger partial charge in [0.2, 0.25) is 0 Å². The molecule has 0 bridgehead atoms. The third-order valence-electron chi connectivity index (χ3n) is 4.08. The minimum atomic E-state index is -0.187. The van der Waals surface area contributed by atoms with Crippen molar-refractivity contribution in [2.75, 3.05) is 6.54 Å². The molecule has 3 atom stereocenters. The van der Waals surface area contributed by atoms with Crippen LogP contribution in [0.25, 0.3) is 0 Å². The van der Waals surface area contributed by atoms with Gasteiger partial charge < -0.3 is 5.32 Å². The fourth-order valence-corrected chi connectivity index (χ4v) is 3.51. The summed E-state index contributed by atoms with van der Waals surface area (Å²) in [6, 6.07) is 5.75. The van der Waals surface area contributed by atoms with Crippen LogP contribution in [0, 0.1) is 17.7 Å². The molecule has 0 amide bonds. The Balaban J connectivity index is 2.25. The second-order valence-electron chi connectivity index (χ2n) is 5.28. The van der Waals surface area contributed by atoms with E-state index in [1.165, 1.54) is 24.8 Å². The Hall–Kier alpha value is -0.410. The van der Waals surface area contributed by atoms with E-state index in [1.807, 2.05) is 12.1 Å². The predicted octanol–water partition coefficient (Wildman–Crippen LogP) is 4.68. The number of rotatable bonds is 4. The zero-order chi connectivity index (χ0) is 13.1. The molecule has 1 N–H and O–H groups in total. The molecule has 1 fully saturated rings. The standard InChI is InChI=1S/C15H21BrFN/c1-3-18-15(12-6-4-5-10(12)2)11-7-8-14(17)13(16)9-11/h7-10,12,15,18H,3-6H2,1-2H3. The lowest BCUT2D eigenvalue weighted by molar-refractivity contribution is 0.305. The fourth-order valence-electron chi connectivity index (χ4n) is 3.11. The van der Waals surface area contributed by atoms with Gasteiger partial charge in [0, 0.05) is 6.04 Å². The average Bonchev–Trinajstić information content (AvgIpc) is 2.76. The lowest BCUT2D eigenvalue weighted by atomic mass is 9.86. The average molecular weight is 314 g/mol. The van der Waals surface area contributed by atoms with Crippen LogP contribution in [0.1, 0.15) is 44.7 Å². The molecule has 3 heteroatoms. The zero-order valence-corrected chi connectivity index (χ0v) is 12.6. The van der Waals surface area contributed by atoms with Gasteiger partial charge in [-0.25, -0.2) is 4.39 Å². The van der Waals surface area contributed by atoms with E-state index in [1.54, 1.807) is 6.07 Å². The first-order valence-electron chi connectivity index (χ1n) is 6.81. The van der Waals surface area contributed by atoms with Gasteiger partial charge in [0.1, 0.15) is 5.82 Å². The summed E-state index contributed by atoms with van der Waals surface area (Å²) in [6.45, 7) is 5.41. The molecule has 1 aromatic carbocycles. The number of hydrogen-bond acceptors (Lipinski definition) is 1. The molecule has 0 radical (unpaired) electrons. The Labute approximate surface area is 117 Å². The maximum atomic E-state index is 13.3. The third-order valence-corrected chi connectivity index (χ3v) is 4.69. The van der Waals surface area contributed by atoms with Crippen LogP contribution in [0.15, 0.2) is 22.7 Å². The first kappa shape index (κ1) is 14.0. The number of nitrogens with one attached hydrogen (secondary N) is 1. The quantitative estimate of drug-likeness (QED) is 0.851. The molecule has 3 unspecified atom stereocenters. The molecule has 0 saturated heterocycles. The van der Waals surface area contributed by atoms with E-state index in [2.05, 4.69) is 35.1 Å². The molecule has 0 aliphatic heterocycles. The molecular weight excluding hydrogens is 293 g/mol. The van der Waals surface area contributed by atoms with Crippen molar-refractivity contribution in [1.82, 2.24) is 5.32 Å². The second-order valence-corrected chi connectivity index (χ2v) is 6.14. The van der Waals surface area contributed by atoms with Crippen LogP contribution < -0.4 is 5.32 Å². The molecule has 1 saturated carbocycles. The smallest absolute Gasteiger partial charge is 0.137 e. The van der Waals surface area contributed by atoms with Gasteiger partial charge >= 0.3 is 0 Å². The Morgan fingerprint density at radius 1 is 1.44 bits per heavy atom. The second kappa shape index (κ2) is 6.16. The lowest BCUT2D eigenvalue weighted by Gasteiger charge is -2.28. The minimum Gasteiger partial charge on any atom is -0.310 e. The van der Waals surface area contributed by atoms with E-state index < -0.39 is 0 Å². The lowest BCUT2D eigenvalue weighted by Crippen LogP contribution is -2.29. The van der Waals surface area contributed by atoms with Gasteiger partial charge in [-0.3, -0.25) is 0 Å². The minimum absolute atomic E-state index is 0.187. The summed E-state index contributed by atoms with van der Waals surface area (Å²) in [5.74, 6) is 1.23. The Bertz CT molecular complexity index is 407. The van der Waals surface area contributed by atoms with Crippen LogP contribution >= 0.6 is 15.9 Å². The van der Waals surface area contributed by atoms with Crippen LogP contribution in [-0.2, 0) is 0 Å². The van der Waals surface area contributed by atoms with Gasteiger partial charge in [-0.05, 0) is 58.4 Å². The van der Waals surface area contributed by atoms with E-state index in [9.17, 15) is 4.39 Å². The maximum absolute atomic E-state index is 13.3. The van der Waals surface area contributed by atoms with Gasteiger partial charge in [-0.15, -0.1) is 0 Å². The van der Waals surface area contributed by atoms with E-state index in [4.69, 9.17) is 0 Å². The summed E-state index contributed by atoms with van der Waals surface area (Å²) in [6.07, 6.45) is 3.90. The summed E-state index contributed by atoms with van der Waals surface area (Å²) in [5.41, 5.74) is 1.20. The van der Waals surface area contributed by atoms with E-state index in [0.29, 0.717) is 16.4 Å². The van der Waals surface area contributed by atoms with Crippen LogP contribution in [0.4, 0.5) is 4.39 Å². The topological polar surface area (TPSA) is 12.0 Å². The molecule has 1 nitrogen and oxygen atoms in total. The van der Waals surface area contributed by atoms with Crippen molar-refractivity contribution in [2.45, 2.75) is 39.2 Å². The van der Waals surface area contributed by atoms with E-state index in [-0.39, 0.29) is 5.82 Å². The highest BCUT2D eigenvalue weighted by molar-refractivity contribution is 9.10. The normalized spacial score (nSPS) is 25.3. The summed E-state index contributed by atoms with van der Waals surface area (Å²) in [4.78, 5) is 0. The van der Waals surface area contributed by atoms with Gasteiger partial charge in [-0.2, -0.15) is 0 Å². The van der Waals surface area contributed by atoms with Gasteiger partial charge in [0.05, 0.1) is 4.47 Å². The number of benzene rings is 1. The summed E-state index contributed by atoms with van der Waals surface area (Å²) in [5, 5.41) is 3.57. The highest BCUT2D eigenvalue weighted by Crippen LogP contribution is 2.40. The van der Waals surface area contributed by atoms with Crippen molar-refractivity contribution in [1.29, 1.82) is 0 Å². The molecule has 1 aromatic rings. The van der Waals surface area contributed by atoms with E-state index >= 15 is 0 Å². The van der Waals surface area contributed by atoms with Crippen molar-refractivity contribution in [2.24, 2.45) is 11.8 Å². The summed E-state index contributed by atoms with van der Waals surface area (Å²) < 4.78 is 13.9. The molecule has 2 rings (SSSR count). The van der Waals surface area contributed by atoms with Crippen molar-refractivity contribution in [3.8, 4) is 0 Å². The van der Waals surface area contributed by atoms with Crippen molar-refractivity contribution in [3.05, 3.63) is 34.1 Å². The summed E-state index contributed by atoms with van der Waals surface area (Å²) >= 11 is 3.29. The highest BCUT2D eigenvalue weighted by atomic mass is 79.9. The van der Waals surface area contributed by atoms with Crippen molar-refractivity contribution < 1.29 is 4.39 Å². The SMILES string of the molecule is CCNC(c1ccc(F)c(Br)c1)C1CCCC1C. The maximum Gasteiger partial charge on any atom is 0.137 e. The molecule has 1 aliphatic rings. The monoisotopic (exact) mass is 313 g/mol. The number of hydrogen-bond donors (Lipinski definition) is 1. The molecular formula is C15H21BrFN. The number of halogens is 2. The fraction of sp³-hybridized carbons (Fsp3) is 0.600. The van der Waals surface area contributed by atoms with Crippen molar-refractivity contribution in [3.63, 3.8) is 0 Å². The highest BCUT2D eigenvalue weighted by Gasteiger charge is 2.31. The molecule has 100 valence electrons. The van der Waals surface area contributed by atoms with Gasteiger partial charge in [0.15, 0.2) is 0 Å². The van der Waals surface area contributed by atoms with Crippen molar-refractivity contribution >= 4 is 15.9 Å². The molecule has 18 heavy (non-hydrogen) atoms. The van der Waals surface area contributed by atoms with Crippen LogP contribution in [0.5, 0.6) is 0 Å². The Morgan fingerprint density at radius 3 is 2.78 bits per heavy atom. The van der Waals surface area contributed by atoms with Crippen LogP contribution in [-0.4, -0.2) is 6.54 Å². The zero-order valence-electron chi connectivity index (χ0n) is 11.0. The molecule has 0 spiro atoms. The van der Waals surface area contributed by atoms with Gasteiger partial charge in [0.25, 0.3) is 0 Å². The Kier molecular flexibility index (Phi) is 4.79. The van der Waals surface area contributed by atoms with Crippen LogP contribution in [0.2, 0.25) is 0 Å². The first-order chi connectivity index (χ1) is 8.63. The summed E-state index contributed by atoms with van der Waals surface area (Å²) in [7, 11) is 0. The van der Waals surface area contributed by atoms with Gasteiger partial charge in [-0.1, -0.05) is 32.8 Å². The largest absolute Gasteiger partial charge is 0.310 e. The predicted molar refractivity (Wildman–Crippen MR) is 77.0 cm³/mol. The third kappa shape index (κ3) is 2.94. The molecule has 0 aromatic heterocycles.